The molecule has 1 amide bonds. The van der Waals surface area contributed by atoms with Crippen molar-refractivity contribution >= 4 is 23.2 Å². The normalized spacial score (nSPS) is 14.2. The van der Waals surface area contributed by atoms with Crippen LogP contribution in [0.2, 0.25) is 5.02 Å². The van der Waals surface area contributed by atoms with Crippen LogP contribution in [0.4, 0.5) is 5.69 Å². The van der Waals surface area contributed by atoms with Gasteiger partial charge in [-0.05, 0) is 37.5 Å². The summed E-state index contributed by atoms with van der Waals surface area (Å²) in [5.41, 5.74) is 1.40. The predicted octanol–water partition coefficient (Wildman–Crippen LogP) is 2.76. The van der Waals surface area contributed by atoms with Crippen molar-refractivity contribution in [3.63, 3.8) is 0 Å². The van der Waals surface area contributed by atoms with Gasteiger partial charge in [-0.25, -0.2) is 0 Å². The summed E-state index contributed by atoms with van der Waals surface area (Å²) in [5.74, 6) is -0.0531. The van der Waals surface area contributed by atoms with Crippen molar-refractivity contribution in [1.29, 1.82) is 0 Å². The van der Waals surface area contributed by atoms with Gasteiger partial charge >= 0.3 is 0 Å². The fourth-order valence-electron chi connectivity index (χ4n) is 2.21. The highest BCUT2D eigenvalue weighted by Gasteiger charge is 2.33. The standard InChI is InChI=1S/C15H21ClN2O2/c1-2-7-17-14-6-3-11(16)10-13(14)15(20)18(8-9-19)12-4-5-12/h3,6,10,12,17,19H,2,4-5,7-9H2,1H3. The van der Waals surface area contributed by atoms with Gasteiger partial charge in [0.15, 0.2) is 0 Å². The third-order valence-corrected chi connectivity index (χ3v) is 3.60. The quantitative estimate of drug-likeness (QED) is 0.813. The van der Waals surface area contributed by atoms with Gasteiger partial charge in [0.2, 0.25) is 0 Å². The van der Waals surface area contributed by atoms with Crippen LogP contribution >= 0.6 is 11.6 Å². The Morgan fingerprint density at radius 1 is 1.50 bits per heavy atom. The molecule has 0 aliphatic heterocycles. The molecule has 2 N–H and O–H groups in total. The van der Waals surface area contributed by atoms with E-state index in [1.165, 1.54) is 0 Å². The number of nitrogens with one attached hydrogen (secondary N) is 1. The van der Waals surface area contributed by atoms with Crippen molar-refractivity contribution in [3.8, 4) is 0 Å². The van der Waals surface area contributed by atoms with E-state index in [4.69, 9.17) is 16.7 Å². The minimum Gasteiger partial charge on any atom is -0.395 e. The van der Waals surface area contributed by atoms with Crippen molar-refractivity contribution in [2.75, 3.05) is 25.0 Å². The van der Waals surface area contributed by atoms with E-state index >= 15 is 0 Å². The van der Waals surface area contributed by atoms with Crippen LogP contribution < -0.4 is 5.32 Å². The fourth-order valence-corrected chi connectivity index (χ4v) is 2.38. The lowest BCUT2D eigenvalue weighted by atomic mass is 10.1. The van der Waals surface area contributed by atoms with E-state index in [9.17, 15) is 4.79 Å². The number of nitrogens with zero attached hydrogens (tertiary/aromatic N) is 1. The number of carbonyl (C=O) groups is 1. The zero-order valence-electron chi connectivity index (χ0n) is 11.7. The van der Waals surface area contributed by atoms with Crippen molar-refractivity contribution in [2.24, 2.45) is 0 Å². The molecule has 0 bridgehead atoms. The predicted molar refractivity (Wildman–Crippen MR) is 81.4 cm³/mol. The van der Waals surface area contributed by atoms with E-state index in [2.05, 4.69) is 12.2 Å². The summed E-state index contributed by atoms with van der Waals surface area (Å²) in [6.07, 6.45) is 3.02. The number of benzene rings is 1. The van der Waals surface area contributed by atoms with Crippen molar-refractivity contribution in [3.05, 3.63) is 28.8 Å². The lowest BCUT2D eigenvalue weighted by molar-refractivity contribution is 0.0708. The van der Waals surface area contributed by atoms with Gasteiger partial charge in [-0.2, -0.15) is 0 Å². The van der Waals surface area contributed by atoms with Crippen LogP contribution in [0, 0.1) is 0 Å². The Balaban J connectivity index is 2.23. The van der Waals surface area contributed by atoms with E-state index < -0.39 is 0 Å². The van der Waals surface area contributed by atoms with Crippen LogP contribution in [0.3, 0.4) is 0 Å². The Morgan fingerprint density at radius 2 is 2.25 bits per heavy atom. The van der Waals surface area contributed by atoms with Crippen molar-refractivity contribution < 1.29 is 9.90 Å². The summed E-state index contributed by atoms with van der Waals surface area (Å²) in [6, 6.07) is 5.60. The molecule has 0 spiro atoms. The topological polar surface area (TPSA) is 52.6 Å². The minimum atomic E-state index is -0.0531. The lowest BCUT2D eigenvalue weighted by Crippen LogP contribution is -2.36. The van der Waals surface area contributed by atoms with Crippen LogP contribution in [0.25, 0.3) is 0 Å². The summed E-state index contributed by atoms with van der Waals surface area (Å²) in [7, 11) is 0. The maximum absolute atomic E-state index is 12.7. The largest absolute Gasteiger partial charge is 0.395 e. The second-order valence-corrected chi connectivity index (χ2v) is 5.51. The first kappa shape index (κ1) is 15.1. The van der Waals surface area contributed by atoms with Gasteiger partial charge in [0.1, 0.15) is 0 Å². The highest BCUT2D eigenvalue weighted by molar-refractivity contribution is 6.31. The Labute approximate surface area is 124 Å². The number of aliphatic hydroxyl groups excluding tert-OH is 1. The highest BCUT2D eigenvalue weighted by atomic mass is 35.5. The maximum atomic E-state index is 12.7. The number of amides is 1. The van der Waals surface area contributed by atoms with Gasteiger partial charge in [0.25, 0.3) is 5.91 Å². The highest BCUT2D eigenvalue weighted by Crippen LogP contribution is 2.30. The first-order chi connectivity index (χ1) is 9.67. The van der Waals surface area contributed by atoms with E-state index in [0.717, 1.165) is 31.5 Å². The van der Waals surface area contributed by atoms with Crippen LogP contribution in [0.1, 0.15) is 36.5 Å². The van der Waals surface area contributed by atoms with Crippen LogP contribution in [-0.2, 0) is 0 Å². The average molecular weight is 297 g/mol. The van der Waals surface area contributed by atoms with Gasteiger partial charge in [-0.3, -0.25) is 4.79 Å². The fraction of sp³-hybridized carbons (Fsp3) is 0.533. The summed E-state index contributed by atoms with van der Waals surface area (Å²) in [6.45, 7) is 3.25. The molecule has 5 heteroatoms. The van der Waals surface area contributed by atoms with E-state index in [1.807, 2.05) is 6.07 Å². The molecule has 0 unspecified atom stereocenters. The molecule has 1 aliphatic carbocycles. The van der Waals surface area contributed by atoms with Crippen LogP contribution in [-0.4, -0.2) is 41.7 Å². The molecule has 0 saturated heterocycles. The number of rotatable bonds is 7. The van der Waals surface area contributed by atoms with Crippen LogP contribution in [0.15, 0.2) is 18.2 Å². The van der Waals surface area contributed by atoms with Crippen molar-refractivity contribution in [2.45, 2.75) is 32.2 Å². The molecular weight excluding hydrogens is 276 g/mol. The number of carbonyl (C=O) groups excluding carboxylic acids is 1. The summed E-state index contributed by atoms with van der Waals surface area (Å²) >= 11 is 6.02. The van der Waals surface area contributed by atoms with Gasteiger partial charge in [0, 0.05) is 29.8 Å². The molecule has 4 nitrogen and oxygen atoms in total. The zero-order chi connectivity index (χ0) is 14.5. The molecule has 0 aromatic heterocycles. The van der Waals surface area contributed by atoms with E-state index in [0.29, 0.717) is 17.1 Å². The molecule has 1 fully saturated rings. The molecule has 1 saturated carbocycles. The van der Waals surface area contributed by atoms with Gasteiger partial charge in [0.05, 0.1) is 12.2 Å². The van der Waals surface area contributed by atoms with E-state index in [-0.39, 0.29) is 18.6 Å². The van der Waals surface area contributed by atoms with Gasteiger partial charge in [-0.1, -0.05) is 18.5 Å². The summed E-state index contributed by atoms with van der Waals surface area (Å²) in [5, 5.41) is 12.9. The molecule has 0 heterocycles. The summed E-state index contributed by atoms with van der Waals surface area (Å²) < 4.78 is 0. The number of halogens is 1. The smallest absolute Gasteiger partial charge is 0.256 e. The summed E-state index contributed by atoms with van der Waals surface area (Å²) in [4.78, 5) is 14.4. The third kappa shape index (κ3) is 3.64. The van der Waals surface area contributed by atoms with E-state index in [1.54, 1.807) is 17.0 Å². The second-order valence-electron chi connectivity index (χ2n) is 5.07. The molecule has 2 rings (SSSR count). The maximum Gasteiger partial charge on any atom is 0.256 e. The molecule has 20 heavy (non-hydrogen) atoms. The van der Waals surface area contributed by atoms with Gasteiger partial charge < -0.3 is 15.3 Å². The molecule has 1 aromatic rings. The number of aliphatic hydroxyl groups is 1. The van der Waals surface area contributed by atoms with Crippen LogP contribution in [0.5, 0.6) is 0 Å². The zero-order valence-corrected chi connectivity index (χ0v) is 12.5. The minimum absolute atomic E-state index is 0.0134. The SMILES string of the molecule is CCCNc1ccc(Cl)cc1C(=O)N(CCO)C1CC1. The molecule has 0 atom stereocenters. The Morgan fingerprint density at radius 3 is 2.85 bits per heavy atom. The lowest BCUT2D eigenvalue weighted by Gasteiger charge is -2.23. The van der Waals surface area contributed by atoms with Gasteiger partial charge in [-0.15, -0.1) is 0 Å². The number of hydrogen-bond donors (Lipinski definition) is 2. The Kier molecular flexibility index (Phi) is 5.26. The van der Waals surface area contributed by atoms with Crippen molar-refractivity contribution in [1.82, 2.24) is 4.90 Å². The Hall–Kier alpha value is -1.26. The number of hydrogen-bond acceptors (Lipinski definition) is 3. The first-order valence-corrected chi connectivity index (χ1v) is 7.50. The number of anilines is 1. The average Bonchev–Trinajstić information content (AvgIpc) is 3.27. The molecule has 1 aromatic carbocycles. The third-order valence-electron chi connectivity index (χ3n) is 3.37. The molecule has 110 valence electrons. The molecule has 0 radical (unpaired) electrons. The second kappa shape index (κ2) is 6.95. The first-order valence-electron chi connectivity index (χ1n) is 7.12. The Bertz CT molecular complexity index is 475. The molecule has 1 aliphatic rings. The monoisotopic (exact) mass is 296 g/mol. The molecular formula is C15H21ClN2O2.